The Morgan fingerprint density at radius 2 is 2.35 bits per heavy atom. The van der Waals surface area contributed by atoms with Crippen molar-refractivity contribution in [2.75, 3.05) is 6.54 Å². The molecule has 0 saturated carbocycles. The number of hydrogen-bond donors (Lipinski definition) is 1. The maximum Gasteiger partial charge on any atom is 0.225 e. The summed E-state index contributed by atoms with van der Waals surface area (Å²) in [6, 6.07) is 5.53. The summed E-state index contributed by atoms with van der Waals surface area (Å²) in [5.74, 6) is -0.0362. The number of fused-ring (bicyclic) bond motifs is 1. The molecule has 0 radical (unpaired) electrons. The highest BCUT2D eigenvalue weighted by Crippen LogP contribution is 2.19. The first kappa shape index (κ1) is 10.2. The summed E-state index contributed by atoms with van der Waals surface area (Å²) in [4.78, 5) is 13.2. The number of β-amino-alcohol motifs (C(OH)–C–C–N with tert-alkyl or cyclic N) is 1. The topological polar surface area (TPSA) is 79.5 Å². The Bertz CT molecular complexity index is 566. The van der Waals surface area contributed by atoms with Crippen LogP contribution in [0.25, 0.3) is 11.0 Å². The Balaban J connectivity index is 1.90. The molecule has 6 nitrogen and oxygen atoms in total. The van der Waals surface area contributed by atoms with Crippen molar-refractivity contribution in [2.24, 2.45) is 0 Å². The smallest absolute Gasteiger partial charge is 0.225 e. The lowest BCUT2D eigenvalue weighted by Gasteiger charge is -2.15. The van der Waals surface area contributed by atoms with Crippen LogP contribution in [0.4, 0.5) is 0 Å². The molecule has 0 aliphatic carbocycles. The van der Waals surface area contributed by atoms with Gasteiger partial charge in [0.15, 0.2) is 0 Å². The minimum atomic E-state index is -0.558. The van der Waals surface area contributed by atoms with Crippen molar-refractivity contribution in [3.8, 4) is 0 Å². The summed E-state index contributed by atoms with van der Waals surface area (Å²) in [6.45, 7) is 0.807. The Morgan fingerprint density at radius 1 is 1.47 bits per heavy atom. The third-order valence-electron chi connectivity index (χ3n) is 2.92. The normalized spacial score (nSPS) is 20.4. The first-order valence-corrected chi connectivity index (χ1v) is 5.40. The molecule has 17 heavy (non-hydrogen) atoms. The van der Waals surface area contributed by atoms with Gasteiger partial charge in [-0.1, -0.05) is 12.1 Å². The van der Waals surface area contributed by atoms with E-state index in [1.807, 2.05) is 12.1 Å². The largest absolute Gasteiger partial charge is 0.391 e. The molecular weight excluding hydrogens is 222 g/mol. The monoisotopic (exact) mass is 233 g/mol. The zero-order valence-electron chi connectivity index (χ0n) is 9.04. The quantitative estimate of drug-likeness (QED) is 0.807. The number of hydrogen-bond acceptors (Lipinski definition) is 5. The second kappa shape index (κ2) is 3.81. The zero-order chi connectivity index (χ0) is 11.8. The Kier molecular flexibility index (Phi) is 2.29. The summed E-state index contributed by atoms with van der Waals surface area (Å²) in [5, 5.41) is 17.0. The molecule has 1 atom stereocenters. The predicted octanol–water partition coefficient (Wildman–Crippen LogP) is 0.316. The SMILES string of the molecule is O=C1CC(O)CN1Cc1cccc2nonc12. The molecule has 6 heteroatoms. The zero-order valence-corrected chi connectivity index (χ0v) is 9.04. The lowest BCUT2D eigenvalue weighted by molar-refractivity contribution is -0.128. The van der Waals surface area contributed by atoms with E-state index in [1.165, 1.54) is 0 Å². The summed E-state index contributed by atoms with van der Waals surface area (Å²) in [5.41, 5.74) is 2.22. The van der Waals surface area contributed by atoms with E-state index >= 15 is 0 Å². The molecule has 1 N–H and O–H groups in total. The minimum absolute atomic E-state index is 0.0362. The maximum atomic E-state index is 11.6. The number of rotatable bonds is 2. The van der Waals surface area contributed by atoms with E-state index in [0.717, 1.165) is 5.56 Å². The van der Waals surface area contributed by atoms with E-state index in [2.05, 4.69) is 14.9 Å². The van der Waals surface area contributed by atoms with Gasteiger partial charge < -0.3 is 10.0 Å². The molecule has 2 aromatic rings. The van der Waals surface area contributed by atoms with Crippen LogP contribution in [0.3, 0.4) is 0 Å². The summed E-state index contributed by atoms with van der Waals surface area (Å²) >= 11 is 0. The highest BCUT2D eigenvalue weighted by atomic mass is 16.6. The molecule has 88 valence electrons. The minimum Gasteiger partial charge on any atom is -0.391 e. The number of aliphatic hydroxyl groups excluding tert-OH is 1. The predicted molar refractivity (Wildman–Crippen MR) is 57.8 cm³/mol. The van der Waals surface area contributed by atoms with Gasteiger partial charge in [-0.15, -0.1) is 0 Å². The number of amides is 1. The fourth-order valence-corrected chi connectivity index (χ4v) is 2.10. The van der Waals surface area contributed by atoms with E-state index in [1.54, 1.807) is 11.0 Å². The molecular formula is C11H11N3O3. The van der Waals surface area contributed by atoms with Crippen molar-refractivity contribution in [3.05, 3.63) is 23.8 Å². The average molecular weight is 233 g/mol. The molecule has 1 aromatic carbocycles. The van der Waals surface area contributed by atoms with Gasteiger partial charge in [0, 0.05) is 18.7 Å². The molecule has 1 unspecified atom stereocenters. The molecule has 1 fully saturated rings. The first-order chi connectivity index (χ1) is 8.24. The third-order valence-corrected chi connectivity index (χ3v) is 2.92. The van der Waals surface area contributed by atoms with Gasteiger partial charge in [-0.25, -0.2) is 4.63 Å². The van der Waals surface area contributed by atoms with Gasteiger partial charge in [0.2, 0.25) is 5.91 Å². The first-order valence-electron chi connectivity index (χ1n) is 5.40. The number of likely N-dealkylation sites (tertiary alicyclic amines) is 1. The van der Waals surface area contributed by atoms with Gasteiger partial charge in [-0.05, 0) is 16.4 Å². The van der Waals surface area contributed by atoms with Crippen LogP contribution in [0.1, 0.15) is 12.0 Å². The van der Waals surface area contributed by atoms with E-state index < -0.39 is 6.10 Å². The van der Waals surface area contributed by atoms with Crippen molar-refractivity contribution in [1.29, 1.82) is 0 Å². The molecule has 1 aliphatic rings. The van der Waals surface area contributed by atoms with Crippen LogP contribution in [0.5, 0.6) is 0 Å². The molecule has 1 aliphatic heterocycles. The summed E-state index contributed by atoms with van der Waals surface area (Å²) in [6.07, 6.45) is -0.357. The maximum absolute atomic E-state index is 11.6. The van der Waals surface area contributed by atoms with E-state index in [4.69, 9.17) is 0 Å². The molecule has 1 aromatic heterocycles. The van der Waals surface area contributed by atoms with Crippen LogP contribution in [-0.4, -0.2) is 38.9 Å². The van der Waals surface area contributed by atoms with Gasteiger partial charge >= 0.3 is 0 Å². The van der Waals surface area contributed by atoms with Gasteiger partial charge in [-0.2, -0.15) is 0 Å². The van der Waals surface area contributed by atoms with Gasteiger partial charge in [0.05, 0.1) is 12.5 Å². The van der Waals surface area contributed by atoms with Crippen LogP contribution >= 0.6 is 0 Å². The van der Waals surface area contributed by atoms with Crippen molar-refractivity contribution in [2.45, 2.75) is 19.1 Å². The lowest BCUT2D eigenvalue weighted by atomic mass is 10.2. The number of aromatic nitrogens is 2. The van der Waals surface area contributed by atoms with Crippen LogP contribution in [-0.2, 0) is 11.3 Å². The van der Waals surface area contributed by atoms with E-state index in [0.29, 0.717) is 24.1 Å². The fourth-order valence-electron chi connectivity index (χ4n) is 2.10. The van der Waals surface area contributed by atoms with Crippen LogP contribution in [0.15, 0.2) is 22.8 Å². The molecule has 2 heterocycles. The summed E-state index contributed by atoms with van der Waals surface area (Å²) < 4.78 is 4.67. The van der Waals surface area contributed by atoms with Crippen LogP contribution < -0.4 is 0 Å². The third kappa shape index (κ3) is 1.76. The molecule has 1 amide bonds. The number of carbonyl (C=O) groups is 1. The fraction of sp³-hybridized carbons (Fsp3) is 0.364. The Labute approximate surface area is 96.8 Å². The standard InChI is InChI=1S/C11H11N3O3/c15-8-4-10(16)14(6-8)5-7-2-1-3-9-11(7)13-17-12-9/h1-3,8,15H,4-6H2. The lowest BCUT2D eigenvalue weighted by Crippen LogP contribution is -2.25. The van der Waals surface area contributed by atoms with Gasteiger partial charge in [-0.3, -0.25) is 4.79 Å². The van der Waals surface area contributed by atoms with E-state index in [-0.39, 0.29) is 12.3 Å². The molecule has 0 bridgehead atoms. The number of aliphatic hydroxyl groups is 1. The van der Waals surface area contributed by atoms with Crippen molar-refractivity contribution in [3.63, 3.8) is 0 Å². The number of nitrogens with zero attached hydrogens (tertiary/aromatic N) is 3. The van der Waals surface area contributed by atoms with Crippen molar-refractivity contribution in [1.82, 2.24) is 15.2 Å². The molecule has 3 rings (SSSR count). The molecule has 0 spiro atoms. The highest BCUT2D eigenvalue weighted by Gasteiger charge is 2.28. The van der Waals surface area contributed by atoms with Crippen LogP contribution in [0, 0.1) is 0 Å². The van der Waals surface area contributed by atoms with Crippen molar-refractivity contribution >= 4 is 16.9 Å². The second-order valence-corrected chi connectivity index (χ2v) is 4.18. The Morgan fingerprint density at radius 3 is 3.12 bits per heavy atom. The van der Waals surface area contributed by atoms with Gasteiger partial charge in [0.25, 0.3) is 0 Å². The average Bonchev–Trinajstić information content (AvgIpc) is 2.87. The number of carbonyl (C=O) groups excluding carboxylic acids is 1. The molecule has 1 saturated heterocycles. The van der Waals surface area contributed by atoms with E-state index in [9.17, 15) is 9.90 Å². The summed E-state index contributed by atoms with van der Waals surface area (Å²) in [7, 11) is 0. The highest BCUT2D eigenvalue weighted by molar-refractivity contribution is 5.81. The van der Waals surface area contributed by atoms with Crippen molar-refractivity contribution < 1.29 is 14.5 Å². The van der Waals surface area contributed by atoms with Crippen LogP contribution in [0.2, 0.25) is 0 Å². The Hall–Kier alpha value is -1.95. The van der Waals surface area contributed by atoms with Gasteiger partial charge in [0.1, 0.15) is 11.0 Å². The second-order valence-electron chi connectivity index (χ2n) is 4.18. The number of benzene rings is 1.